The van der Waals surface area contributed by atoms with E-state index < -0.39 is 0 Å². The average Bonchev–Trinajstić information content (AvgIpc) is 2.77. The molecule has 1 aromatic heterocycles. The molecule has 19 heavy (non-hydrogen) atoms. The molecule has 0 spiro atoms. The average molecular weight is 281 g/mol. The Balaban J connectivity index is 1.71. The lowest BCUT2D eigenvalue weighted by molar-refractivity contribution is 0.228. The van der Waals surface area contributed by atoms with E-state index in [1.165, 1.54) is 0 Å². The summed E-state index contributed by atoms with van der Waals surface area (Å²) in [6, 6.07) is 9.31. The summed E-state index contributed by atoms with van der Waals surface area (Å²) in [5.74, 6) is 1.66. The molecule has 5 heteroatoms. The molecule has 0 aliphatic rings. The van der Waals surface area contributed by atoms with Crippen LogP contribution >= 0.6 is 11.6 Å². The topological polar surface area (TPSA) is 38.5 Å². The molecule has 0 saturated carbocycles. The van der Waals surface area contributed by atoms with Crippen LogP contribution in [0.4, 0.5) is 0 Å². The van der Waals surface area contributed by atoms with Crippen LogP contribution in [0.5, 0.6) is 5.75 Å². The maximum absolute atomic E-state index is 5.81. The summed E-state index contributed by atoms with van der Waals surface area (Å²) < 4.78 is 10.7. The van der Waals surface area contributed by atoms with Crippen molar-refractivity contribution in [1.82, 2.24) is 10.1 Å². The summed E-state index contributed by atoms with van der Waals surface area (Å²) in [7, 11) is 2.02. The molecule has 0 unspecified atom stereocenters. The predicted molar refractivity (Wildman–Crippen MR) is 74.5 cm³/mol. The van der Waals surface area contributed by atoms with E-state index in [2.05, 4.69) is 10.1 Å². The number of hydrogen-bond acceptors (Lipinski definition) is 4. The van der Waals surface area contributed by atoms with Crippen molar-refractivity contribution in [3.63, 3.8) is 0 Å². The third-order valence-corrected chi connectivity index (χ3v) is 2.92. The summed E-state index contributed by atoms with van der Waals surface area (Å²) in [5, 5.41) is 4.67. The second-order valence-corrected chi connectivity index (χ2v) is 4.91. The molecule has 0 aliphatic carbocycles. The van der Waals surface area contributed by atoms with Gasteiger partial charge in [0.15, 0.2) is 0 Å². The van der Waals surface area contributed by atoms with Crippen molar-refractivity contribution in [2.45, 2.75) is 13.5 Å². The van der Waals surface area contributed by atoms with Gasteiger partial charge in [-0.1, -0.05) is 16.8 Å². The normalized spacial score (nSPS) is 10.9. The van der Waals surface area contributed by atoms with Crippen molar-refractivity contribution in [1.29, 1.82) is 0 Å². The van der Waals surface area contributed by atoms with Gasteiger partial charge in [0.1, 0.15) is 18.1 Å². The number of halogens is 1. The van der Waals surface area contributed by atoms with Crippen molar-refractivity contribution in [2.24, 2.45) is 0 Å². The number of rotatable bonds is 6. The van der Waals surface area contributed by atoms with Crippen LogP contribution in [0, 0.1) is 6.92 Å². The van der Waals surface area contributed by atoms with Crippen LogP contribution in [-0.2, 0) is 6.54 Å². The number of aryl methyl sites for hydroxylation is 1. The summed E-state index contributed by atoms with van der Waals surface area (Å²) in [6.45, 7) is 4.07. The van der Waals surface area contributed by atoms with E-state index in [1.54, 1.807) is 0 Å². The molecule has 4 nitrogen and oxygen atoms in total. The standard InChI is InChI=1S/C14H17ClN2O2/c1-11-9-13(16-19-11)10-17(2)7-8-18-14-5-3-12(15)4-6-14/h3-6,9H,7-8,10H2,1-2H3. The summed E-state index contributed by atoms with van der Waals surface area (Å²) >= 11 is 5.81. The molecule has 0 radical (unpaired) electrons. The van der Waals surface area contributed by atoms with Gasteiger partial charge in [0.25, 0.3) is 0 Å². The van der Waals surface area contributed by atoms with Gasteiger partial charge in [-0.3, -0.25) is 4.90 Å². The second-order valence-electron chi connectivity index (χ2n) is 4.47. The molecular weight excluding hydrogens is 264 g/mol. The minimum absolute atomic E-state index is 0.620. The smallest absolute Gasteiger partial charge is 0.133 e. The van der Waals surface area contributed by atoms with E-state index in [9.17, 15) is 0 Å². The first-order valence-corrected chi connectivity index (χ1v) is 6.50. The summed E-state index contributed by atoms with van der Waals surface area (Å²) in [5.41, 5.74) is 0.937. The van der Waals surface area contributed by atoms with E-state index >= 15 is 0 Å². The van der Waals surface area contributed by atoms with Crippen LogP contribution in [0.25, 0.3) is 0 Å². The molecule has 0 amide bonds. The van der Waals surface area contributed by atoms with Crippen molar-refractivity contribution >= 4 is 11.6 Å². The van der Waals surface area contributed by atoms with Gasteiger partial charge < -0.3 is 9.26 Å². The van der Waals surface area contributed by atoms with Gasteiger partial charge in [-0.15, -0.1) is 0 Å². The Hall–Kier alpha value is -1.52. The molecule has 2 aromatic rings. The maximum Gasteiger partial charge on any atom is 0.133 e. The Morgan fingerprint density at radius 2 is 2.05 bits per heavy atom. The zero-order valence-corrected chi connectivity index (χ0v) is 11.9. The van der Waals surface area contributed by atoms with Crippen molar-refractivity contribution in [3.05, 3.63) is 46.8 Å². The Morgan fingerprint density at radius 3 is 2.68 bits per heavy atom. The van der Waals surface area contributed by atoms with Crippen molar-refractivity contribution in [3.8, 4) is 5.75 Å². The third-order valence-electron chi connectivity index (χ3n) is 2.66. The van der Waals surface area contributed by atoms with E-state index in [4.69, 9.17) is 20.9 Å². The fourth-order valence-corrected chi connectivity index (χ4v) is 1.82. The Bertz CT molecular complexity index is 510. The lowest BCUT2D eigenvalue weighted by Gasteiger charge is -2.15. The van der Waals surface area contributed by atoms with Gasteiger partial charge >= 0.3 is 0 Å². The fraction of sp³-hybridized carbons (Fsp3) is 0.357. The Labute approximate surface area is 117 Å². The molecular formula is C14H17ClN2O2. The fourth-order valence-electron chi connectivity index (χ4n) is 1.70. The van der Waals surface area contributed by atoms with Gasteiger partial charge in [-0.25, -0.2) is 0 Å². The molecule has 102 valence electrons. The van der Waals surface area contributed by atoms with Gasteiger partial charge in [0, 0.05) is 24.2 Å². The predicted octanol–water partition coefficient (Wildman–Crippen LogP) is 3.15. The highest BCUT2D eigenvalue weighted by atomic mass is 35.5. The quantitative estimate of drug-likeness (QED) is 0.815. The largest absolute Gasteiger partial charge is 0.492 e. The second kappa shape index (κ2) is 6.59. The van der Waals surface area contributed by atoms with Crippen LogP contribution in [0.3, 0.4) is 0 Å². The van der Waals surface area contributed by atoms with E-state index in [1.807, 2.05) is 44.3 Å². The number of likely N-dealkylation sites (N-methyl/N-ethyl adjacent to an activating group) is 1. The minimum atomic E-state index is 0.620. The van der Waals surface area contributed by atoms with Crippen molar-refractivity contribution in [2.75, 3.05) is 20.2 Å². The van der Waals surface area contributed by atoms with E-state index in [-0.39, 0.29) is 0 Å². The van der Waals surface area contributed by atoms with Crippen LogP contribution in [0.2, 0.25) is 5.02 Å². The zero-order valence-electron chi connectivity index (χ0n) is 11.1. The van der Waals surface area contributed by atoms with Gasteiger partial charge in [0.05, 0.1) is 5.69 Å². The van der Waals surface area contributed by atoms with Crippen LogP contribution in [0.1, 0.15) is 11.5 Å². The zero-order chi connectivity index (χ0) is 13.7. The first-order chi connectivity index (χ1) is 9.13. The Morgan fingerprint density at radius 1 is 1.32 bits per heavy atom. The highest BCUT2D eigenvalue weighted by Crippen LogP contribution is 2.15. The van der Waals surface area contributed by atoms with Gasteiger partial charge in [-0.2, -0.15) is 0 Å². The lowest BCUT2D eigenvalue weighted by Crippen LogP contribution is -2.24. The monoisotopic (exact) mass is 280 g/mol. The number of ether oxygens (including phenoxy) is 1. The molecule has 0 N–H and O–H groups in total. The van der Waals surface area contributed by atoms with Crippen molar-refractivity contribution < 1.29 is 9.26 Å². The SMILES string of the molecule is Cc1cc(CN(C)CCOc2ccc(Cl)cc2)no1. The molecule has 0 saturated heterocycles. The van der Waals surface area contributed by atoms with Gasteiger partial charge in [0.2, 0.25) is 0 Å². The van der Waals surface area contributed by atoms with Crippen LogP contribution < -0.4 is 4.74 Å². The highest BCUT2D eigenvalue weighted by molar-refractivity contribution is 6.30. The van der Waals surface area contributed by atoms with E-state index in [0.717, 1.165) is 30.3 Å². The maximum atomic E-state index is 5.81. The first kappa shape index (κ1) is 13.9. The summed E-state index contributed by atoms with van der Waals surface area (Å²) in [4.78, 5) is 2.13. The first-order valence-electron chi connectivity index (χ1n) is 6.12. The van der Waals surface area contributed by atoms with Crippen LogP contribution in [0.15, 0.2) is 34.9 Å². The molecule has 1 aromatic carbocycles. The number of benzene rings is 1. The molecule has 0 aliphatic heterocycles. The van der Waals surface area contributed by atoms with Gasteiger partial charge in [-0.05, 0) is 38.2 Å². The molecule has 0 atom stereocenters. The number of aromatic nitrogens is 1. The van der Waals surface area contributed by atoms with Crippen LogP contribution in [-0.4, -0.2) is 30.3 Å². The molecule has 0 fully saturated rings. The lowest BCUT2D eigenvalue weighted by atomic mass is 10.3. The Kier molecular flexibility index (Phi) is 4.82. The molecule has 1 heterocycles. The third kappa shape index (κ3) is 4.58. The highest BCUT2D eigenvalue weighted by Gasteiger charge is 2.05. The van der Waals surface area contributed by atoms with E-state index in [0.29, 0.717) is 11.6 Å². The minimum Gasteiger partial charge on any atom is -0.492 e. The molecule has 0 bridgehead atoms. The number of nitrogens with zero attached hydrogens (tertiary/aromatic N) is 2. The molecule has 2 rings (SSSR count). The number of hydrogen-bond donors (Lipinski definition) is 0. The summed E-state index contributed by atoms with van der Waals surface area (Å²) in [6.07, 6.45) is 0.